The topological polar surface area (TPSA) is 56.8 Å². The SMILES string of the molecule is CCOC(=O)C1(NCCOC)CCCCC1OC. The van der Waals surface area contributed by atoms with Crippen LogP contribution in [0, 0.1) is 0 Å². The molecule has 1 saturated carbocycles. The summed E-state index contributed by atoms with van der Waals surface area (Å²) in [5.41, 5.74) is -0.707. The molecule has 0 saturated heterocycles. The van der Waals surface area contributed by atoms with E-state index in [0.29, 0.717) is 19.8 Å². The normalized spacial score (nSPS) is 28.1. The minimum atomic E-state index is -0.707. The number of rotatable bonds is 7. The number of methoxy groups -OCH3 is 2. The van der Waals surface area contributed by atoms with E-state index in [0.717, 1.165) is 25.7 Å². The Hall–Kier alpha value is -0.650. The van der Waals surface area contributed by atoms with Gasteiger partial charge in [-0.2, -0.15) is 0 Å². The molecule has 0 aromatic rings. The lowest BCUT2D eigenvalue weighted by molar-refractivity contribution is -0.161. The van der Waals surface area contributed by atoms with Gasteiger partial charge in [0.2, 0.25) is 0 Å². The molecule has 0 spiro atoms. The first kappa shape index (κ1) is 15.4. The van der Waals surface area contributed by atoms with Crippen molar-refractivity contribution in [3.05, 3.63) is 0 Å². The van der Waals surface area contributed by atoms with Gasteiger partial charge in [-0.1, -0.05) is 12.8 Å². The highest BCUT2D eigenvalue weighted by Gasteiger charge is 2.48. The van der Waals surface area contributed by atoms with Crippen LogP contribution >= 0.6 is 0 Å². The fraction of sp³-hybridized carbons (Fsp3) is 0.923. The van der Waals surface area contributed by atoms with Gasteiger partial charge in [0.25, 0.3) is 0 Å². The van der Waals surface area contributed by atoms with Crippen molar-refractivity contribution in [1.82, 2.24) is 5.32 Å². The highest BCUT2D eigenvalue weighted by molar-refractivity contribution is 5.82. The maximum absolute atomic E-state index is 12.3. The quantitative estimate of drug-likeness (QED) is 0.548. The largest absolute Gasteiger partial charge is 0.465 e. The van der Waals surface area contributed by atoms with E-state index in [4.69, 9.17) is 14.2 Å². The number of ether oxygens (including phenoxy) is 3. The summed E-state index contributed by atoms with van der Waals surface area (Å²) in [5.74, 6) is -0.201. The third kappa shape index (κ3) is 3.43. The Morgan fingerprint density at radius 1 is 1.39 bits per heavy atom. The summed E-state index contributed by atoms with van der Waals surface area (Å²) in [6.45, 7) is 3.40. The molecule has 106 valence electrons. The molecule has 1 aliphatic carbocycles. The van der Waals surface area contributed by atoms with E-state index in [-0.39, 0.29) is 12.1 Å². The van der Waals surface area contributed by atoms with Crippen LogP contribution in [-0.2, 0) is 19.0 Å². The number of nitrogens with one attached hydrogen (secondary N) is 1. The van der Waals surface area contributed by atoms with E-state index in [1.54, 1.807) is 14.2 Å². The molecule has 0 aliphatic heterocycles. The molecule has 0 heterocycles. The van der Waals surface area contributed by atoms with Crippen LogP contribution in [0.1, 0.15) is 32.6 Å². The van der Waals surface area contributed by atoms with Crippen LogP contribution in [0.25, 0.3) is 0 Å². The zero-order valence-corrected chi connectivity index (χ0v) is 11.7. The van der Waals surface area contributed by atoms with Gasteiger partial charge >= 0.3 is 5.97 Å². The van der Waals surface area contributed by atoms with E-state index in [9.17, 15) is 4.79 Å². The first-order valence-electron chi connectivity index (χ1n) is 6.65. The molecule has 5 heteroatoms. The van der Waals surface area contributed by atoms with Gasteiger partial charge in [-0.05, 0) is 19.8 Å². The molecule has 1 N–H and O–H groups in total. The molecule has 1 fully saturated rings. The second kappa shape index (κ2) is 7.71. The Kier molecular flexibility index (Phi) is 6.60. The predicted octanol–water partition coefficient (Wildman–Crippen LogP) is 1.11. The number of esters is 1. The monoisotopic (exact) mass is 259 g/mol. The zero-order valence-electron chi connectivity index (χ0n) is 11.7. The van der Waals surface area contributed by atoms with Crippen molar-refractivity contribution in [2.75, 3.05) is 34.0 Å². The summed E-state index contributed by atoms with van der Waals surface area (Å²) in [4.78, 5) is 12.3. The maximum Gasteiger partial charge on any atom is 0.329 e. The third-order valence-corrected chi connectivity index (χ3v) is 3.51. The van der Waals surface area contributed by atoms with E-state index < -0.39 is 5.54 Å². The Morgan fingerprint density at radius 3 is 2.78 bits per heavy atom. The lowest BCUT2D eigenvalue weighted by atomic mass is 9.79. The summed E-state index contributed by atoms with van der Waals surface area (Å²) in [6.07, 6.45) is 3.62. The number of hydrogen-bond acceptors (Lipinski definition) is 5. The fourth-order valence-corrected chi connectivity index (χ4v) is 2.60. The van der Waals surface area contributed by atoms with Crippen LogP contribution in [0.3, 0.4) is 0 Å². The Bertz CT molecular complexity index is 259. The van der Waals surface area contributed by atoms with E-state index in [1.807, 2.05) is 6.92 Å². The van der Waals surface area contributed by atoms with Gasteiger partial charge in [0, 0.05) is 20.8 Å². The van der Waals surface area contributed by atoms with Gasteiger partial charge in [0.05, 0.1) is 19.3 Å². The average molecular weight is 259 g/mol. The predicted molar refractivity (Wildman–Crippen MR) is 68.5 cm³/mol. The molecule has 0 aromatic carbocycles. The van der Waals surface area contributed by atoms with Crippen molar-refractivity contribution in [1.29, 1.82) is 0 Å². The summed E-state index contributed by atoms with van der Waals surface area (Å²) in [7, 11) is 3.30. The second-order valence-corrected chi connectivity index (χ2v) is 4.58. The van der Waals surface area contributed by atoms with E-state index >= 15 is 0 Å². The van der Waals surface area contributed by atoms with Crippen LogP contribution < -0.4 is 5.32 Å². The smallest absolute Gasteiger partial charge is 0.329 e. The summed E-state index contributed by atoms with van der Waals surface area (Å²) in [5, 5.41) is 3.30. The molecule has 0 bridgehead atoms. The van der Waals surface area contributed by atoms with Gasteiger partial charge in [0.1, 0.15) is 5.54 Å². The molecular weight excluding hydrogens is 234 g/mol. The molecule has 2 atom stereocenters. The molecule has 18 heavy (non-hydrogen) atoms. The average Bonchev–Trinajstić information content (AvgIpc) is 2.39. The van der Waals surface area contributed by atoms with Crippen LogP contribution in [0.15, 0.2) is 0 Å². The fourth-order valence-electron chi connectivity index (χ4n) is 2.60. The Balaban J connectivity index is 2.79. The van der Waals surface area contributed by atoms with Crippen molar-refractivity contribution in [3.63, 3.8) is 0 Å². The van der Waals surface area contributed by atoms with Gasteiger partial charge < -0.3 is 14.2 Å². The molecular formula is C13H25NO4. The highest BCUT2D eigenvalue weighted by atomic mass is 16.5. The molecule has 5 nitrogen and oxygen atoms in total. The summed E-state index contributed by atoms with van der Waals surface area (Å²) >= 11 is 0. The van der Waals surface area contributed by atoms with E-state index in [1.165, 1.54) is 0 Å². The van der Waals surface area contributed by atoms with E-state index in [2.05, 4.69) is 5.32 Å². The maximum atomic E-state index is 12.3. The highest BCUT2D eigenvalue weighted by Crippen LogP contribution is 2.31. The molecule has 1 aliphatic rings. The molecule has 2 unspecified atom stereocenters. The van der Waals surface area contributed by atoms with Crippen molar-refractivity contribution >= 4 is 5.97 Å². The molecule has 0 radical (unpaired) electrons. The minimum Gasteiger partial charge on any atom is -0.465 e. The van der Waals surface area contributed by atoms with Crippen molar-refractivity contribution in [2.45, 2.75) is 44.2 Å². The number of carbonyl (C=O) groups excluding carboxylic acids is 1. The standard InChI is InChI=1S/C13H25NO4/c1-4-18-12(15)13(14-9-10-16-2)8-6-5-7-11(13)17-3/h11,14H,4-10H2,1-3H3. The first-order valence-corrected chi connectivity index (χ1v) is 6.65. The lowest BCUT2D eigenvalue weighted by Gasteiger charge is -2.41. The molecule has 0 amide bonds. The lowest BCUT2D eigenvalue weighted by Crippen LogP contribution is -2.63. The summed E-state index contributed by atoms with van der Waals surface area (Å²) < 4.78 is 15.8. The van der Waals surface area contributed by atoms with Gasteiger partial charge in [-0.15, -0.1) is 0 Å². The van der Waals surface area contributed by atoms with Crippen LogP contribution in [0.5, 0.6) is 0 Å². The Morgan fingerprint density at radius 2 is 2.17 bits per heavy atom. The third-order valence-electron chi connectivity index (χ3n) is 3.51. The van der Waals surface area contributed by atoms with Gasteiger partial charge in [-0.3, -0.25) is 5.32 Å². The number of carbonyl (C=O) groups is 1. The van der Waals surface area contributed by atoms with Crippen molar-refractivity contribution < 1.29 is 19.0 Å². The van der Waals surface area contributed by atoms with Crippen molar-refractivity contribution in [2.24, 2.45) is 0 Å². The Labute approximate surface area is 109 Å². The van der Waals surface area contributed by atoms with Crippen LogP contribution in [0.2, 0.25) is 0 Å². The van der Waals surface area contributed by atoms with Crippen LogP contribution in [0.4, 0.5) is 0 Å². The summed E-state index contributed by atoms with van der Waals surface area (Å²) in [6, 6.07) is 0. The second-order valence-electron chi connectivity index (χ2n) is 4.58. The molecule has 0 aromatic heterocycles. The van der Waals surface area contributed by atoms with Crippen LogP contribution in [-0.4, -0.2) is 51.6 Å². The van der Waals surface area contributed by atoms with Gasteiger partial charge in [-0.25, -0.2) is 4.79 Å². The zero-order chi connectivity index (χ0) is 13.4. The first-order chi connectivity index (χ1) is 8.71. The van der Waals surface area contributed by atoms with Crippen molar-refractivity contribution in [3.8, 4) is 0 Å². The van der Waals surface area contributed by atoms with Gasteiger partial charge in [0.15, 0.2) is 0 Å². The molecule has 1 rings (SSSR count). The number of hydrogen-bond donors (Lipinski definition) is 1. The minimum absolute atomic E-state index is 0.123.